The van der Waals surface area contributed by atoms with Crippen LogP contribution in [-0.4, -0.2) is 60.1 Å². The Labute approximate surface area is 207 Å². The highest BCUT2D eigenvalue weighted by Crippen LogP contribution is 2.46. The van der Waals surface area contributed by atoms with E-state index in [-0.39, 0.29) is 24.2 Å². The first-order valence-electron chi connectivity index (χ1n) is 12.5. The number of likely N-dealkylation sites (tertiary alicyclic amines) is 1. The Kier molecular flexibility index (Phi) is 9.66. The van der Waals surface area contributed by atoms with Gasteiger partial charge >= 0.3 is 5.97 Å². The summed E-state index contributed by atoms with van der Waals surface area (Å²) in [7, 11) is 1.58. The standard InChI is InChI=1S/C28H37FN2O4/c1-4-6-16-30(17-7-5-2)25(32)19-31-18-24(20-8-12-22(29)13-9-20)26(28(33)34)27(31)21-10-14-23(35-3)15-11-21/h8-15,24,26-27H,4-7,16-19H2,1-3H3,(H,33,34)/t24-,26-,27+/m1/s1. The van der Waals surface area contributed by atoms with E-state index in [2.05, 4.69) is 13.8 Å². The maximum Gasteiger partial charge on any atom is 0.309 e. The van der Waals surface area contributed by atoms with Crippen LogP contribution >= 0.6 is 0 Å². The first kappa shape index (κ1) is 26.7. The topological polar surface area (TPSA) is 70.1 Å². The number of aliphatic carboxylic acids is 1. The molecule has 1 aliphatic heterocycles. The minimum Gasteiger partial charge on any atom is -0.497 e. The van der Waals surface area contributed by atoms with E-state index >= 15 is 0 Å². The van der Waals surface area contributed by atoms with Gasteiger partial charge in [-0.1, -0.05) is 51.0 Å². The molecule has 0 bridgehead atoms. The highest BCUT2D eigenvalue weighted by Gasteiger charge is 2.48. The molecule has 0 aliphatic carbocycles. The van der Waals surface area contributed by atoms with E-state index in [1.807, 2.05) is 34.1 Å². The van der Waals surface area contributed by atoms with E-state index in [0.717, 1.165) is 36.8 Å². The number of ether oxygens (including phenoxy) is 1. The second kappa shape index (κ2) is 12.7. The van der Waals surface area contributed by atoms with E-state index in [1.54, 1.807) is 19.2 Å². The second-order valence-electron chi connectivity index (χ2n) is 9.26. The van der Waals surface area contributed by atoms with Crippen LogP contribution in [0.25, 0.3) is 0 Å². The van der Waals surface area contributed by atoms with Crippen molar-refractivity contribution >= 4 is 11.9 Å². The zero-order chi connectivity index (χ0) is 25.4. The second-order valence-corrected chi connectivity index (χ2v) is 9.26. The molecule has 0 spiro atoms. The van der Waals surface area contributed by atoms with Gasteiger partial charge in [0, 0.05) is 31.6 Å². The zero-order valence-electron chi connectivity index (χ0n) is 21.0. The van der Waals surface area contributed by atoms with E-state index < -0.39 is 17.9 Å². The van der Waals surface area contributed by atoms with E-state index in [1.165, 1.54) is 12.1 Å². The largest absolute Gasteiger partial charge is 0.497 e. The van der Waals surface area contributed by atoms with Gasteiger partial charge in [-0.05, 0) is 48.2 Å². The van der Waals surface area contributed by atoms with Gasteiger partial charge in [0.15, 0.2) is 0 Å². The van der Waals surface area contributed by atoms with Crippen LogP contribution in [0.15, 0.2) is 48.5 Å². The zero-order valence-corrected chi connectivity index (χ0v) is 21.0. The third-order valence-corrected chi connectivity index (χ3v) is 6.89. The van der Waals surface area contributed by atoms with E-state index in [9.17, 15) is 19.1 Å². The molecule has 1 aliphatic rings. The smallest absolute Gasteiger partial charge is 0.309 e. The molecule has 2 aromatic rings. The van der Waals surface area contributed by atoms with Crippen LogP contribution < -0.4 is 4.74 Å². The molecule has 1 heterocycles. The van der Waals surface area contributed by atoms with Crippen molar-refractivity contribution in [3.63, 3.8) is 0 Å². The normalized spacial score (nSPS) is 20.1. The van der Waals surface area contributed by atoms with Gasteiger partial charge in [-0.15, -0.1) is 0 Å². The fraction of sp³-hybridized carbons (Fsp3) is 0.500. The minimum atomic E-state index is -0.927. The molecule has 7 heteroatoms. The summed E-state index contributed by atoms with van der Waals surface area (Å²) in [4.78, 5) is 29.9. The first-order chi connectivity index (χ1) is 16.9. The number of halogens is 1. The van der Waals surface area contributed by atoms with Crippen LogP contribution in [0, 0.1) is 11.7 Å². The number of methoxy groups -OCH3 is 1. The molecule has 0 saturated carbocycles. The Hall–Kier alpha value is -2.93. The van der Waals surface area contributed by atoms with E-state index in [0.29, 0.717) is 25.4 Å². The number of hydrogen-bond acceptors (Lipinski definition) is 4. The molecule has 1 amide bonds. The van der Waals surface area contributed by atoms with Gasteiger partial charge in [0.05, 0.1) is 19.6 Å². The van der Waals surface area contributed by atoms with Gasteiger partial charge in [-0.25, -0.2) is 4.39 Å². The molecule has 1 saturated heterocycles. The molecular weight excluding hydrogens is 447 g/mol. The summed E-state index contributed by atoms with van der Waals surface area (Å²) in [5.74, 6) is -1.73. The maximum atomic E-state index is 13.6. The third-order valence-electron chi connectivity index (χ3n) is 6.89. The predicted octanol–water partition coefficient (Wildman–Crippen LogP) is 5.10. The molecule has 6 nitrogen and oxygen atoms in total. The summed E-state index contributed by atoms with van der Waals surface area (Å²) in [6.07, 6.45) is 3.88. The van der Waals surface area contributed by atoms with Crippen LogP contribution in [0.2, 0.25) is 0 Å². The van der Waals surface area contributed by atoms with Crippen molar-refractivity contribution in [2.75, 3.05) is 33.3 Å². The van der Waals surface area contributed by atoms with Gasteiger partial charge in [0.25, 0.3) is 0 Å². The lowest BCUT2D eigenvalue weighted by Gasteiger charge is -2.30. The Bertz CT molecular complexity index is 956. The highest BCUT2D eigenvalue weighted by molar-refractivity contribution is 5.79. The van der Waals surface area contributed by atoms with Crippen LogP contribution in [0.1, 0.15) is 62.6 Å². The molecule has 0 unspecified atom stereocenters. The van der Waals surface area contributed by atoms with Crippen molar-refractivity contribution in [1.29, 1.82) is 0 Å². The number of nitrogens with zero attached hydrogens (tertiary/aromatic N) is 2. The fourth-order valence-electron chi connectivity index (χ4n) is 4.97. The van der Waals surface area contributed by atoms with Crippen molar-refractivity contribution in [1.82, 2.24) is 9.80 Å². The lowest BCUT2D eigenvalue weighted by Crippen LogP contribution is -2.42. The summed E-state index contributed by atoms with van der Waals surface area (Å²) >= 11 is 0. The Morgan fingerprint density at radius 2 is 1.57 bits per heavy atom. The molecule has 35 heavy (non-hydrogen) atoms. The number of amides is 1. The number of rotatable bonds is 12. The Morgan fingerprint density at radius 1 is 1.00 bits per heavy atom. The number of hydrogen-bond donors (Lipinski definition) is 1. The molecular formula is C28H37FN2O4. The summed E-state index contributed by atoms with van der Waals surface area (Å²) in [6, 6.07) is 12.9. The van der Waals surface area contributed by atoms with Crippen LogP contribution in [-0.2, 0) is 9.59 Å². The van der Waals surface area contributed by atoms with Gasteiger partial charge in [-0.2, -0.15) is 0 Å². The van der Waals surface area contributed by atoms with Gasteiger partial charge in [-0.3, -0.25) is 14.5 Å². The molecule has 0 aromatic heterocycles. The Morgan fingerprint density at radius 3 is 2.09 bits per heavy atom. The van der Waals surface area contributed by atoms with Crippen LogP contribution in [0.5, 0.6) is 5.75 Å². The van der Waals surface area contributed by atoms with Gasteiger partial charge in [0.2, 0.25) is 5.91 Å². The lowest BCUT2D eigenvalue weighted by atomic mass is 9.83. The van der Waals surface area contributed by atoms with Crippen molar-refractivity contribution in [3.8, 4) is 5.75 Å². The summed E-state index contributed by atoms with van der Waals surface area (Å²) in [5.41, 5.74) is 1.59. The van der Waals surface area contributed by atoms with E-state index in [4.69, 9.17) is 4.74 Å². The summed E-state index contributed by atoms with van der Waals surface area (Å²) in [6.45, 7) is 6.17. The fourth-order valence-corrected chi connectivity index (χ4v) is 4.97. The summed E-state index contributed by atoms with van der Waals surface area (Å²) < 4.78 is 18.9. The molecule has 190 valence electrons. The molecule has 1 fully saturated rings. The van der Waals surface area contributed by atoms with Crippen molar-refractivity contribution in [2.45, 2.75) is 51.5 Å². The van der Waals surface area contributed by atoms with Crippen LogP contribution in [0.3, 0.4) is 0 Å². The van der Waals surface area contributed by atoms with Gasteiger partial charge < -0.3 is 14.7 Å². The third kappa shape index (κ3) is 6.60. The number of carbonyl (C=O) groups is 2. The summed E-state index contributed by atoms with van der Waals surface area (Å²) in [5, 5.41) is 10.3. The van der Waals surface area contributed by atoms with Crippen molar-refractivity contribution in [2.24, 2.45) is 5.92 Å². The highest BCUT2D eigenvalue weighted by atomic mass is 19.1. The molecule has 3 atom stereocenters. The number of unbranched alkanes of at least 4 members (excludes halogenated alkanes) is 2. The molecule has 0 radical (unpaired) electrons. The number of carbonyl (C=O) groups excluding carboxylic acids is 1. The molecule has 3 rings (SSSR count). The van der Waals surface area contributed by atoms with Crippen LogP contribution in [0.4, 0.5) is 4.39 Å². The monoisotopic (exact) mass is 484 g/mol. The minimum absolute atomic E-state index is 0.0225. The predicted molar refractivity (Wildman–Crippen MR) is 134 cm³/mol. The quantitative estimate of drug-likeness (QED) is 0.454. The van der Waals surface area contributed by atoms with Gasteiger partial charge in [0.1, 0.15) is 11.6 Å². The maximum absolute atomic E-state index is 13.6. The first-order valence-corrected chi connectivity index (χ1v) is 12.5. The average molecular weight is 485 g/mol. The molecule has 2 aromatic carbocycles. The number of carboxylic acids is 1. The molecule has 1 N–H and O–H groups in total. The number of carboxylic acid groups (broad SMARTS) is 1. The SMILES string of the molecule is CCCCN(CCCC)C(=O)CN1C[C@H](c2ccc(F)cc2)[C@@H](C(=O)O)[C@@H]1c1ccc(OC)cc1. The number of benzene rings is 2. The Balaban J connectivity index is 1.95. The average Bonchev–Trinajstić information content (AvgIpc) is 3.23. The van der Waals surface area contributed by atoms with Crippen molar-refractivity contribution in [3.05, 3.63) is 65.5 Å². The lowest BCUT2D eigenvalue weighted by molar-refractivity contribution is -0.144. The van der Waals surface area contributed by atoms with Crippen molar-refractivity contribution < 1.29 is 23.8 Å².